The Morgan fingerprint density at radius 1 is 0.256 bits per heavy atom. The minimum atomic E-state index is -0.810. The van der Waals surface area contributed by atoms with E-state index in [-0.39, 0.29) is 37.5 Å². The van der Waals surface area contributed by atoms with Gasteiger partial charge in [0.05, 0.1) is 0 Å². The Kier molecular flexibility index (Phi) is 65.8. The van der Waals surface area contributed by atoms with Crippen molar-refractivity contribution >= 4 is 17.9 Å². The number of ether oxygens (including phenoxy) is 3. The second-order valence-corrected chi connectivity index (χ2v) is 22.7. The molecule has 82 heavy (non-hydrogen) atoms. The largest absolute Gasteiger partial charge is 0.462 e. The van der Waals surface area contributed by atoms with Crippen LogP contribution < -0.4 is 0 Å². The van der Waals surface area contributed by atoms with E-state index in [1.165, 1.54) is 167 Å². The first kappa shape index (κ1) is 77.8. The molecule has 0 amide bonds. The van der Waals surface area contributed by atoms with E-state index >= 15 is 0 Å². The molecule has 0 bridgehead atoms. The van der Waals surface area contributed by atoms with Gasteiger partial charge in [0, 0.05) is 19.3 Å². The van der Waals surface area contributed by atoms with Crippen molar-refractivity contribution in [2.24, 2.45) is 0 Å². The lowest BCUT2D eigenvalue weighted by atomic mass is 10.0. The Morgan fingerprint density at radius 3 is 0.793 bits per heavy atom. The molecule has 0 spiro atoms. The quantitative estimate of drug-likeness (QED) is 0.0261. The second kappa shape index (κ2) is 69.3. The molecule has 0 aromatic carbocycles. The summed E-state index contributed by atoms with van der Waals surface area (Å²) < 4.78 is 16.9. The molecule has 0 fully saturated rings. The number of carbonyl (C=O) groups excluding carboxylic acids is 3. The number of hydrogen-bond donors (Lipinski definition) is 0. The van der Waals surface area contributed by atoms with Crippen molar-refractivity contribution in [1.29, 1.82) is 0 Å². The van der Waals surface area contributed by atoms with E-state index in [0.717, 1.165) is 109 Å². The van der Waals surface area contributed by atoms with Crippen LogP contribution in [0.5, 0.6) is 0 Å². The molecule has 0 radical (unpaired) electrons. The molecule has 1 unspecified atom stereocenters. The molecule has 0 aromatic heterocycles. The summed E-state index contributed by atoms with van der Waals surface area (Å²) >= 11 is 0. The molecule has 0 heterocycles. The smallest absolute Gasteiger partial charge is 0.306 e. The number of unbranched alkanes of at least 4 members (excludes halogenated alkanes) is 31. The minimum Gasteiger partial charge on any atom is -0.462 e. The normalized spacial score (nSPS) is 12.9. The predicted octanol–water partition coefficient (Wildman–Crippen LogP) is 23.9. The summed E-state index contributed by atoms with van der Waals surface area (Å²) in [6.45, 7) is 6.50. The van der Waals surface area contributed by atoms with Crippen molar-refractivity contribution in [2.75, 3.05) is 13.2 Å². The van der Waals surface area contributed by atoms with Crippen LogP contribution in [0.15, 0.2) is 122 Å². The lowest BCUT2D eigenvalue weighted by Gasteiger charge is -2.18. The van der Waals surface area contributed by atoms with Crippen molar-refractivity contribution in [1.82, 2.24) is 0 Å². The Labute approximate surface area is 507 Å². The first-order valence-corrected chi connectivity index (χ1v) is 34.5. The van der Waals surface area contributed by atoms with Gasteiger partial charge in [-0.15, -0.1) is 0 Å². The molecule has 0 aliphatic rings. The maximum absolute atomic E-state index is 13.0. The summed E-state index contributed by atoms with van der Waals surface area (Å²) in [5, 5.41) is 0. The second-order valence-electron chi connectivity index (χ2n) is 22.7. The lowest BCUT2D eigenvalue weighted by molar-refractivity contribution is -0.167. The van der Waals surface area contributed by atoms with E-state index in [0.29, 0.717) is 19.3 Å². The molecule has 1 atom stereocenters. The van der Waals surface area contributed by atoms with Gasteiger partial charge in [-0.25, -0.2) is 0 Å². The lowest BCUT2D eigenvalue weighted by Crippen LogP contribution is -2.30. The van der Waals surface area contributed by atoms with Crippen molar-refractivity contribution in [3.8, 4) is 0 Å². The highest BCUT2D eigenvalue weighted by molar-refractivity contribution is 5.71. The van der Waals surface area contributed by atoms with Gasteiger partial charge in [0.25, 0.3) is 0 Å². The molecule has 0 rings (SSSR count). The van der Waals surface area contributed by atoms with Crippen LogP contribution in [-0.2, 0) is 28.6 Å². The summed E-state index contributed by atoms with van der Waals surface area (Å²) in [6, 6.07) is 0. The summed E-state index contributed by atoms with van der Waals surface area (Å²) in [7, 11) is 0. The average molecular weight is 1140 g/mol. The summed E-state index contributed by atoms with van der Waals surface area (Å²) in [5.41, 5.74) is 0. The average Bonchev–Trinajstić information content (AvgIpc) is 3.47. The third-order valence-corrected chi connectivity index (χ3v) is 14.7. The van der Waals surface area contributed by atoms with Crippen LogP contribution in [0.25, 0.3) is 0 Å². The highest BCUT2D eigenvalue weighted by Gasteiger charge is 2.19. The van der Waals surface area contributed by atoms with Crippen LogP contribution in [-0.4, -0.2) is 37.2 Å². The highest BCUT2D eigenvalue weighted by Crippen LogP contribution is 2.17. The van der Waals surface area contributed by atoms with Crippen molar-refractivity contribution in [2.45, 2.75) is 329 Å². The summed E-state index contributed by atoms with van der Waals surface area (Å²) in [5.74, 6) is -0.957. The molecule has 0 saturated carbocycles. The highest BCUT2D eigenvalue weighted by atomic mass is 16.6. The third kappa shape index (κ3) is 66.6. The summed E-state index contributed by atoms with van der Waals surface area (Å²) in [6.07, 6.45) is 96.4. The van der Waals surface area contributed by atoms with Gasteiger partial charge in [-0.3, -0.25) is 14.4 Å². The van der Waals surface area contributed by atoms with Crippen LogP contribution in [0.1, 0.15) is 323 Å². The van der Waals surface area contributed by atoms with Crippen LogP contribution in [0.3, 0.4) is 0 Å². The zero-order valence-electron chi connectivity index (χ0n) is 53.7. The van der Waals surface area contributed by atoms with Gasteiger partial charge in [0.15, 0.2) is 6.10 Å². The molecule has 0 saturated heterocycles. The fraction of sp³-hybridized carbons (Fsp3) is 0.697. The van der Waals surface area contributed by atoms with Crippen LogP contribution in [0.4, 0.5) is 0 Å². The zero-order chi connectivity index (χ0) is 59.2. The maximum atomic E-state index is 13.0. The standard InChI is InChI=1S/C76H128O6/c1-4-7-10-13-16-19-22-25-28-31-34-36-38-40-42-45-48-51-54-57-60-63-66-69-75(78)81-72-73(71-80-74(77)68-65-62-59-56-53-50-47-44-33-30-27-24-21-18-15-12-9-6-3)82-76(79)70-67-64-61-58-55-52-49-46-43-41-39-37-35-32-29-26-23-20-17-14-11-8-5-2/h7,10,16,19,23,25-26,28,32,34-36,39-42,48,51,57,60,73H,4-6,8-9,11-15,17-18,20-22,24,27,29-31,33,37-38,43-47,49-50,52-56,58-59,61-72H2,1-3H3/b10-7-,19-16-,26-23-,28-25-,35-32-,36-34-,41-39-,42-40-,51-48-,60-57-. The van der Waals surface area contributed by atoms with Crippen LogP contribution >= 0.6 is 0 Å². The van der Waals surface area contributed by atoms with Crippen molar-refractivity contribution < 1.29 is 28.6 Å². The topological polar surface area (TPSA) is 78.9 Å². The molecule has 6 heteroatoms. The number of rotatable bonds is 62. The Morgan fingerprint density at radius 2 is 0.488 bits per heavy atom. The molecule has 0 aromatic rings. The van der Waals surface area contributed by atoms with Gasteiger partial charge in [-0.05, 0) is 109 Å². The van der Waals surface area contributed by atoms with Gasteiger partial charge in [0.2, 0.25) is 0 Å². The zero-order valence-corrected chi connectivity index (χ0v) is 53.7. The van der Waals surface area contributed by atoms with Gasteiger partial charge < -0.3 is 14.2 Å². The van der Waals surface area contributed by atoms with E-state index in [2.05, 4.69) is 142 Å². The first-order chi connectivity index (χ1) is 40.5. The van der Waals surface area contributed by atoms with Gasteiger partial charge in [-0.1, -0.05) is 316 Å². The van der Waals surface area contributed by atoms with Gasteiger partial charge in [0.1, 0.15) is 13.2 Å². The first-order valence-electron chi connectivity index (χ1n) is 34.5. The van der Waals surface area contributed by atoms with Crippen molar-refractivity contribution in [3.05, 3.63) is 122 Å². The SMILES string of the molecule is CC/C=C\C/C=C\C/C=C\C/C=C\C/C=C\C/C=C\C/C=C\CCCC(=O)OCC(COC(=O)CCCCCCCCCCCCCCCCCCCC)OC(=O)CCCCCCCCCC/C=C\C/C=C\C/C=C\CCCCCCC. The number of esters is 3. The Hall–Kier alpha value is -4.19. The fourth-order valence-electron chi connectivity index (χ4n) is 9.56. The van der Waals surface area contributed by atoms with E-state index in [1.807, 2.05) is 0 Å². The Balaban J connectivity index is 4.49. The minimum absolute atomic E-state index is 0.0989. The summed E-state index contributed by atoms with van der Waals surface area (Å²) in [4.78, 5) is 38.4. The molecular weight excluding hydrogens is 1010 g/mol. The molecule has 0 aliphatic carbocycles. The Bertz CT molecular complexity index is 1690. The molecule has 0 N–H and O–H groups in total. The van der Waals surface area contributed by atoms with Crippen molar-refractivity contribution in [3.63, 3.8) is 0 Å². The van der Waals surface area contributed by atoms with Crippen LogP contribution in [0.2, 0.25) is 0 Å². The molecular formula is C76H128O6. The van der Waals surface area contributed by atoms with E-state index in [9.17, 15) is 14.4 Å². The fourth-order valence-corrected chi connectivity index (χ4v) is 9.56. The van der Waals surface area contributed by atoms with E-state index < -0.39 is 6.10 Å². The monoisotopic (exact) mass is 1140 g/mol. The maximum Gasteiger partial charge on any atom is 0.306 e. The van der Waals surface area contributed by atoms with E-state index in [4.69, 9.17) is 14.2 Å². The van der Waals surface area contributed by atoms with Crippen LogP contribution in [0, 0.1) is 0 Å². The number of allylic oxidation sites excluding steroid dienone is 20. The number of carbonyl (C=O) groups is 3. The third-order valence-electron chi connectivity index (χ3n) is 14.7. The molecule has 0 aliphatic heterocycles. The van der Waals surface area contributed by atoms with E-state index in [1.54, 1.807) is 0 Å². The van der Waals surface area contributed by atoms with Gasteiger partial charge >= 0.3 is 17.9 Å². The van der Waals surface area contributed by atoms with Gasteiger partial charge in [-0.2, -0.15) is 0 Å². The molecule has 6 nitrogen and oxygen atoms in total. The number of hydrogen-bond acceptors (Lipinski definition) is 6. The molecule has 468 valence electrons. The predicted molar refractivity (Wildman–Crippen MR) is 357 cm³/mol.